The van der Waals surface area contributed by atoms with Crippen LogP contribution in [0.15, 0.2) is 17.3 Å². The van der Waals surface area contributed by atoms with E-state index in [2.05, 4.69) is 5.10 Å². The van der Waals surface area contributed by atoms with E-state index in [1.165, 1.54) is 21.4 Å². The van der Waals surface area contributed by atoms with E-state index in [0.717, 1.165) is 0 Å². The highest BCUT2D eigenvalue weighted by atomic mass is 32.2. The molecule has 0 spiro atoms. The third-order valence-electron chi connectivity index (χ3n) is 3.81. The number of carbonyl (C=O) groups is 1. The monoisotopic (exact) mass is 342 g/mol. The number of aromatic nitrogens is 2. The largest absolute Gasteiger partial charge is 0.341 e. The summed E-state index contributed by atoms with van der Waals surface area (Å²) in [6.07, 6.45) is 3.99. The molecule has 1 amide bonds. The smallest absolute Gasteiger partial charge is 0.246 e. The first-order chi connectivity index (χ1) is 10.6. The Bertz CT molecular complexity index is 661. The predicted octanol–water partition coefficient (Wildman–Crippen LogP) is 1.08. The van der Waals surface area contributed by atoms with Crippen LogP contribution in [0.4, 0.5) is 0 Å². The Balaban J connectivity index is 2.05. The third-order valence-corrected chi connectivity index (χ3v) is 5.66. The summed E-state index contributed by atoms with van der Waals surface area (Å²) in [5.41, 5.74) is -0.0646. The van der Waals surface area contributed by atoms with Crippen LogP contribution in [0.5, 0.6) is 0 Å². The number of rotatable bonds is 3. The molecule has 0 bridgehead atoms. The first kappa shape index (κ1) is 17.9. The maximum Gasteiger partial charge on any atom is 0.246 e. The number of carbonyl (C=O) groups excluding carboxylic acids is 1. The molecule has 2 rings (SSSR count). The zero-order valence-electron chi connectivity index (χ0n) is 14.3. The minimum atomic E-state index is -3.54. The number of hydrogen-bond donors (Lipinski definition) is 0. The molecule has 0 aromatic carbocycles. The Kier molecular flexibility index (Phi) is 5.15. The van der Waals surface area contributed by atoms with E-state index >= 15 is 0 Å². The van der Waals surface area contributed by atoms with Gasteiger partial charge in [-0.2, -0.15) is 9.40 Å². The summed E-state index contributed by atoms with van der Waals surface area (Å²) in [7, 11) is -1.85. The first-order valence-corrected chi connectivity index (χ1v) is 9.30. The lowest BCUT2D eigenvalue weighted by molar-refractivity contribution is -0.132. The van der Waals surface area contributed by atoms with Crippen molar-refractivity contribution in [1.29, 1.82) is 0 Å². The molecule has 0 aliphatic carbocycles. The van der Waals surface area contributed by atoms with Crippen molar-refractivity contribution < 1.29 is 13.2 Å². The van der Waals surface area contributed by atoms with E-state index in [1.54, 1.807) is 11.9 Å². The van der Waals surface area contributed by atoms with Gasteiger partial charge in [-0.05, 0) is 11.8 Å². The Morgan fingerprint density at radius 2 is 1.91 bits per heavy atom. The van der Waals surface area contributed by atoms with Crippen LogP contribution in [-0.2, 0) is 21.9 Å². The second kappa shape index (κ2) is 6.60. The van der Waals surface area contributed by atoms with E-state index in [1.807, 2.05) is 20.8 Å². The second-order valence-electron chi connectivity index (χ2n) is 7.23. The fourth-order valence-corrected chi connectivity index (χ4v) is 4.09. The molecule has 0 N–H and O–H groups in total. The van der Waals surface area contributed by atoms with Crippen molar-refractivity contribution in [3.05, 3.63) is 12.4 Å². The van der Waals surface area contributed by atoms with Crippen LogP contribution in [0, 0.1) is 5.41 Å². The van der Waals surface area contributed by atoms with Crippen LogP contribution in [0.2, 0.25) is 0 Å². The number of hydrogen-bond acceptors (Lipinski definition) is 4. The molecule has 0 saturated carbocycles. The Morgan fingerprint density at radius 3 is 2.48 bits per heavy atom. The zero-order valence-corrected chi connectivity index (χ0v) is 15.1. The first-order valence-electron chi connectivity index (χ1n) is 7.86. The van der Waals surface area contributed by atoms with Gasteiger partial charge in [0.05, 0.1) is 6.20 Å². The van der Waals surface area contributed by atoms with Gasteiger partial charge in [-0.15, -0.1) is 0 Å². The molecule has 2 heterocycles. The van der Waals surface area contributed by atoms with Gasteiger partial charge >= 0.3 is 0 Å². The van der Waals surface area contributed by atoms with Crippen LogP contribution in [0.1, 0.15) is 33.6 Å². The van der Waals surface area contributed by atoms with Crippen molar-refractivity contribution in [3.8, 4) is 0 Å². The van der Waals surface area contributed by atoms with Gasteiger partial charge in [0, 0.05) is 45.8 Å². The molecule has 0 unspecified atom stereocenters. The minimum Gasteiger partial charge on any atom is -0.341 e. The van der Waals surface area contributed by atoms with E-state index < -0.39 is 10.0 Å². The molecule has 0 atom stereocenters. The zero-order chi connectivity index (χ0) is 17.3. The van der Waals surface area contributed by atoms with E-state index in [9.17, 15) is 13.2 Å². The summed E-state index contributed by atoms with van der Waals surface area (Å²) in [6.45, 7) is 7.89. The molecule has 7 nitrogen and oxygen atoms in total. The van der Waals surface area contributed by atoms with Crippen LogP contribution in [0.3, 0.4) is 0 Å². The Labute approximate surface area is 138 Å². The average molecular weight is 342 g/mol. The van der Waals surface area contributed by atoms with Gasteiger partial charge in [0.2, 0.25) is 15.9 Å². The normalized spacial score (nSPS) is 18.0. The van der Waals surface area contributed by atoms with E-state index in [4.69, 9.17) is 0 Å². The van der Waals surface area contributed by atoms with Crippen LogP contribution in [0.25, 0.3) is 0 Å². The second-order valence-corrected chi connectivity index (χ2v) is 9.16. The number of nitrogens with zero attached hydrogens (tertiary/aromatic N) is 4. The molecule has 1 aliphatic heterocycles. The highest BCUT2D eigenvalue weighted by Gasteiger charge is 2.30. The maximum atomic E-state index is 12.6. The predicted molar refractivity (Wildman–Crippen MR) is 87.2 cm³/mol. The third kappa shape index (κ3) is 4.54. The van der Waals surface area contributed by atoms with Gasteiger partial charge in [-0.25, -0.2) is 8.42 Å². The van der Waals surface area contributed by atoms with Crippen molar-refractivity contribution >= 4 is 15.9 Å². The van der Waals surface area contributed by atoms with Gasteiger partial charge in [0.1, 0.15) is 4.90 Å². The molecular weight excluding hydrogens is 316 g/mol. The molecule has 1 fully saturated rings. The topological polar surface area (TPSA) is 75.5 Å². The van der Waals surface area contributed by atoms with Gasteiger partial charge < -0.3 is 4.90 Å². The van der Waals surface area contributed by atoms with Crippen molar-refractivity contribution in [3.63, 3.8) is 0 Å². The molecule has 1 saturated heterocycles. The Hall–Kier alpha value is -1.41. The fraction of sp³-hybridized carbons (Fsp3) is 0.733. The van der Waals surface area contributed by atoms with Crippen LogP contribution < -0.4 is 0 Å². The van der Waals surface area contributed by atoms with Crippen molar-refractivity contribution in [2.24, 2.45) is 12.5 Å². The number of amides is 1. The van der Waals surface area contributed by atoms with Crippen molar-refractivity contribution in [2.75, 3.05) is 26.2 Å². The van der Waals surface area contributed by atoms with E-state index in [-0.39, 0.29) is 16.2 Å². The lowest BCUT2D eigenvalue weighted by Crippen LogP contribution is -2.38. The number of aryl methyl sites for hydroxylation is 1. The summed E-state index contributed by atoms with van der Waals surface area (Å²) in [6, 6.07) is 0. The van der Waals surface area contributed by atoms with E-state index in [0.29, 0.717) is 39.0 Å². The molecule has 1 aromatic rings. The lowest BCUT2D eigenvalue weighted by atomic mass is 9.91. The Morgan fingerprint density at radius 1 is 1.22 bits per heavy atom. The minimum absolute atomic E-state index is 0.0646. The SMILES string of the molecule is Cn1cc(S(=O)(=O)N2CCCN(C(=O)CC(C)(C)C)CC2)cn1. The summed E-state index contributed by atoms with van der Waals surface area (Å²) < 4.78 is 28.2. The maximum absolute atomic E-state index is 12.6. The van der Waals surface area contributed by atoms with Crippen molar-refractivity contribution in [2.45, 2.75) is 38.5 Å². The van der Waals surface area contributed by atoms with Gasteiger partial charge in [-0.3, -0.25) is 9.48 Å². The van der Waals surface area contributed by atoms with Crippen molar-refractivity contribution in [1.82, 2.24) is 19.0 Å². The van der Waals surface area contributed by atoms with Gasteiger partial charge in [0.15, 0.2) is 0 Å². The summed E-state index contributed by atoms with van der Waals surface area (Å²) in [4.78, 5) is 14.3. The average Bonchev–Trinajstić information content (AvgIpc) is 2.72. The van der Waals surface area contributed by atoms with Crippen LogP contribution >= 0.6 is 0 Å². The molecule has 1 aromatic heterocycles. The molecule has 130 valence electrons. The number of sulfonamides is 1. The molecule has 8 heteroatoms. The highest BCUT2D eigenvalue weighted by Crippen LogP contribution is 2.21. The van der Waals surface area contributed by atoms with Gasteiger partial charge in [-0.1, -0.05) is 20.8 Å². The lowest BCUT2D eigenvalue weighted by Gasteiger charge is -2.25. The summed E-state index contributed by atoms with van der Waals surface area (Å²) in [5, 5.41) is 3.93. The molecule has 0 radical (unpaired) electrons. The highest BCUT2D eigenvalue weighted by molar-refractivity contribution is 7.89. The van der Waals surface area contributed by atoms with Gasteiger partial charge in [0.25, 0.3) is 0 Å². The molecule has 23 heavy (non-hydrogen) atoms. The standard InChI is InChI=1S/C15H26N4O3S/c1-15(2,3)10-14(20)18-6-5-7-19(9-8-18)23(21,22)13-11-16-17(4)12-13/h11-12H,5-10H2,1-4H3. The summed E-state index contributed by atoms with van der Waals surface area (Å²) >= 11 is 0. The molecule has 1 aliphatic rings. The molecular formula is C15H26N4O3S. The quantitative estimate of drug-likeness (QED) is 0.824. The fourth-order valence-electron chi connectivity index (χ4n) is 2.63. The van der Waals surface area contributed by atoms with Crippen LogP contribution in [-0.4, -0.2) is 59.5 Å². The summed E-state index contributed by atoms with van der Waals surface area (Å²) in [5.74, 6) is 0.0955.